The Morgan fingerprint density at radius 1 is 0.927 bits per heavy atom. The van der Waals surface area contributed by atoms with Gasteiger partial charge in [-0.25, -0.2) is 4.79 Å². The Labute approximate surface area is 238 Å². The van der Waals surface area contributed by atoms with E-state index in [4.69, 9.17) is 17.2 Å². The van der Waals surface area contributed by atoms with Crippen molar-refractivity contribution in [3.63, 3.8) is 0 Å². The Morgan fingerprint density at radius 3 is 2.10 bits per heavy atom. The van der Waals surface area contributed by atoms with Gasteiger partial charge in [0, 0.05) is 26.1 Å². The summed E-state index contributed by atoms with van der Waals surface area (Å²) in [6.07, 6.45) is 2.62. The van der Waals surface area contributed by atoms with Gasteiger partial charge in [0.05, 0.1) is 6.54 Å². The fourth-order valence-electron chi connectivity index (χ4n) is 5.30. The van der Waals surface area contributed by atoms with Gasteiger partial charge in [-0.05, 0) is 44.1 Å². The van der Waals surface area contributed by atoms with E-state index in [0.717, 1.165) is 5.56 Å². The number of carboxylic acids is 1. The number of carbonyl (C=O) groups is 5. The van der Waals surface area contributed by atoms with Crippen molar-refractivity contribution < 1.29 is 29.1 Å². The van der Waals surface area contributed by atoms with Crippen LogP contribution in [0.4, 0.5) is 0 Å². The van der Waals surface area contributed by atoms with Gasteiger partial charge in [-0.1, -0.05) is 30.3 Å². The second-order valence-electron chi connectivity index (χ2n) is 10.2. The first kappa shape index (κ1) is 31.3. The molecule has 4 atom stereocenters. The lowest BCUT2D eigenvalue weighted by molar-refractivity contribution is -0.145. The van der Waals surface area contributed by atoms with Crippen LogP contribution in [0.15, 0.2) is 35.3 Å². The van der Waals surface area contributed by atoms with Crippen LogP contribution in [-0.4, -0.2) is 101 Å². The molecule has 1 aromatic carbocycles. The van der Waals surface area contributed by atoms with E-state index in [-0.39, 0.29) is 44.3 Å². The number of amides is 4. The monoisotopic (exact) mass is 572 g/mol. The minimum absolute atomic E-state index is 0.0888. The highest BCUT2D eigenvalue weighted by Gasteiger charge is 2.40. The molecule has 14 heteroatoms. The zero-order valence-electron chi connectivity index (χ0n) is 23.0. The van der Waals surface area contributed by atoms with Gasteiger partial charge in [-0.15, -0.1) is 0 Å². The largest absolute Gasteiger partial charge is 0.480 e. The lowest BCUT2D eigenvalue weighted by atomic mass is 10.0. The van der Waals surface area contributed by atoms with E-state index in [0.29, 0.717) is 38.6 Å². The molecule has 9 N–H and O–H groups in total. The summed E-state index contributed by atoms with van der Waals surface area (Å²) in [7, 11) is 0. The molecule has 0 saturated carbocycles. The number of rotatable bonds is 13. The van der Waals surface area contributed by atoms with Gasteiger partial charge in [-0.3, -0.25) is 24.2 Å². The van der Waals surface area contributed by atoms with E-state index in [1.54, 1.807) is 24.3 Å². The maximum atomic E-state index is 13.8. The van der Waals surface area contributed by atoms with Crippen molar-refractivity contribution in [2.45, 2.75) is 69.1 Å². The van der Waals surface area contributed by atoms with E-state index in [2.05, 4.69) is 15.6 Å². The molecule has 2 aliphatic rings. The van der Waals surface area contributed by atoms with E-state index in [1.807, 2.05) is 6.07 Å². The predicted octanol–water partition coefficient (Wildman–Crippen LogP) is -1.72. The summed E-state index contributed by atoms with van der Waals surface area (Å²) in [6, 6.07) is 5.12. The van der Waals surface area contributed by atoms with Crippen LogP contribution in [0.5, 0.6) is 0 Å². The average molecular weight is 573 g/mol. The van der Waals surface area contributed by atoms with Crippen molar-refractivity contribution in [1.82, 2.24) is 20.4 Å². The number of aliphatic carboxylic acids is 1. The van der Waals surface area contributed by atoms with E-state index >= 15 is 0 Å². The second-order valence-corrected chi connectivity index (χ2v) is 10.2. The molecule has 4 amide bonds. The molecule has 3 rings (SSSR count). The third-order valence-corrected chi connectivity index (χ3v) is 7.35. The maximum absolute atomic E-state index is 13.8. The second kappa shape index (κ2) is 15.0. The number of guanidine groups is 1. The van der Waals surface area contributed by atoms with Crippen LogP contribution in [0.1, 0.15) is 44.1 Å². The van der Waals surface area contributed by atoms with Crippen LogP contribution >= 0.6 is 0 Å². The summed E-state index contributed by atoms with van der Waals surface area (Å²) < 4.78 is 0. The first-order chi connectivity index (χ1) is 19.6. The van der Waals surface area contributed by atoms with Crippen molar-refractivity contribution in [3.05, 3.63) is 35.9 Å². The molecule has 0 radical (unpaired) electrons. The van der Waals surface area contributed by atoms with Gasteiger partial charge < -0.3 is 42.7 Å². The molecule has 2 aliphatic heterocycles. The molecule has 2 heterocycles. The van der Waals surface area contributed by atoms with Crippen LogP contribution in [0.25, 0.3) is 0 Å². The minimum atomic E-state index is -1.18. The summed E-state index contributed by atoms with van der Waals surface area (Å²) in [4.78, 5) is 71.1. The van der Waals surface area contributed by atoms with E-state index < -0.39 is 47.9 Å². The molecule has 0 spiro atoms. The van der Waals surface area contributed by atoms with Crippen molar-refractivity contribution in [1.29, 1.82) is 0 Å². The minimum Gasteiger partial charge on any atom is -0.480 e. The van der Waals surface area contributed by atoms with E-state index in [9.17, 15) is 29.1 Å². The van der Waals surface area contributed by atoms with Gasteiger partial charge >= 0.3 is 5.97 Å². The van der Waals surface area contributed by atoms with Crippen LogP contribution < -0.4 is 27.8 Å². The highest BCUT2D eigenvalue weighted by molar-refractivity contribution is 5.95. The Hall–Kier alpha value is -4.20. The van der Waals surface area contributed by atoms with Gasteiger partial charge in [0.2, 0.25) is 23.6 Å². The Balaban J connectivity index is 1.73. The SMILES string of the molecule is NCC(=O)N1CCC[C@H]1C(=O)N[C@@H](CCCN=C(N)N)C(=O)N1CCC[C@H]1C(=O)N[C@@H](Cc1ccccc1)C(=O)O. The summed E-state index contributed by atoms with van der Waals surface area (Å²) in [5.41, 5.74) is 17.0. The standard InChI is InChI=1S/C27H40N8O6/c28-16-22(36)34-13-5-10-20(34)23(37)32-18(9-4-12-31-27(29)30)25(39)35-14-6-11-21(35)24(38)33-19(26(40)41)15-17-7-2-1-3-8-17/h1-3,7-8,18-21H,4-6,9-16,28H2,(H,32,37)(H,33,38)(H,40,41)(H4,29,30,31)/t18-,19-,20-,21-/m0/s1. The first-order valence-corrected chi connectivity index (χ1v) is 13.8. The fraction of sp³-hybridized carbons (Fsp3) is 0.556. The van der Waals surface area contributed by atoms with Crippen molar-refractivity contribution in [2.24, 2.45) is 22.2 Å². The molecule has 0 unspecified atom stereocenters. The lowest BCUT2D eigenvalue weighted by Crippen LogP contribution is -2.57. The molecule has 0 aromatic heterocycles. The number of hydrogen-bond donors (Lipinski definition) is 6. The number of carbonyl (C=O) groups excluding carboxylic acids is 4. The Bertz CT molecular complexity index is 1130. The third-order valence-electron chi connectivity index (χ3n) is 7.35. The molecule has 1 aromatic rings. The number of nitrogens with one attached hydrogen (secondary N) is 2. The van der Waals surface area contributed by atoms with Gasteiger partial charge in [0.25, 0.3) is 0 Å². The first-order valence-electron chi connectivity index (χ1n) is 13.8. The quantitative estimate of drug-likeness (QED) is 0.0896. The number of hydrogen-bond acceptors (Lipinski definition) is 7. The van der Waals surface area contributed by atoms with Crippen LogP contribution in [0, 0.1) is 0 Å². The maximum Gasteiger partial charge on any atom is 0.326 e. The molecular formula is C27H40N8O6. The molecular weight excluding hydrogens is 532 g/mol. The fourth-order valence-corrected chi connectivity index (χ4v) is 5.30. The van der Waals surface area contributed by atoms with Crippen LogP contribution in [0.2, 0.25) is 0 Å². The molecule has 41 heavy (non-hydrogen) atoms. The molecule has 2 saturated heterocycles. The molecule has 0 aliphatic carbocycles. The Kier molecular flexibility index (Phi) is 11.4. The highest BCUT2D eigenvalue weighted by Crippen LogP contribution is 2.22. The van der Waals surface area contributed by atoms with Gasteiger partial charge in [0.15, 0.2) is 5.96 Å². The third kappa shape index (κ3) is 8.64. The highest BCUT2D eigenvalue weighted by atomic mass is 16.4. The average Bonchev–Trinajstić information content (AvgIpc) is 3.64. The zero-order valence-corrected chi connectivity index (χ0v) is 23.0. The predicted molar refractivity (Wildman–Crippen MR) is 150 cm³/mol. The normalized spacial score (nSPS) is 19.7. The van der Waals surface area contributed by atoms with Crippen LogP contribution in [0.3, 0.4) is 0 Å². The molecule has 2 fully saturated rings. The number of aliphatic imine (C=N–C) groups is 1. The lowest BCUT2D eigenvalue weighted by Gasteiger charge is -2.31. The molecule has 0 bridgehead atoms. The van der Waals surface area contributed by atoms with Gasteiger partial charge in [0.1, 0.15) is 24.2 Å². The van der Waals surface area contributed by atoms with Gasteiger partial charge in [-0.2, -0.15) is 0 Å². The number of benzene rings is 1. The number of likely N-dealkylation sites (tertiary alicyclic amines) is 2. The molecule has 224 valence electrons. The summed E-state index contributed by atoms with van der Waals surface area (Å²) in [6.45, 7) is 0.678. The molecule has 14 nitrogen and oxygen atoms in total. The number of nitrogens with two attached hydrogens (primary N) is 3. The smallest absolute Gasteiger partial charge is 0.326 e. The topological polar surface area (TPSA) is 227 Å². The summed E-state index contributed by atoms with van der Waals surface area (Å²) >= 11 is 0. The summed E-state index contributed by atoms with van der Waals surface area (Å²) in [5.74, 6) is -3.14. The van der Waals surface area contributed by atoms with Crippen molar-refractivity contribution in [2.75, 3.05) is 26.2 Å². The van der Waals surface area contributed by atoms with E-state index in [1.165, 1.54) is 9.80 Å². The van der Waals surface area contributed by atoms with Crippen molar-refractivity contribution in [3.8, 4) is 0 Å². The van der Waals surface area contributed by atoms with Crippen LogP contribution in [-0.2, 0) is 30.4 Å². The number of nitrogens with zero attached hydrogens (tertiary/aromatic N) is 3. The zero-order chi connectivity index (χ0) is 29.9. The summed E-state index contributed by atoms with van der Waals surface area (Å²) in [5, 5.41) is 15.1. The number of carboxylic acid groups (broad SMARTS) is 1. The van der Waals surface area contributed by atoms with Crippen molar-refractivity contribution >= 4 is 35.6 Å². The Morgan fingerprint density at radius 2 is 1.51 bits per heavy atom.